The van der Waals surface area contributed by atoms with Crippen molar-refractivity contribution < 1.29 is 9.53 Å². The zero-order valence-electron chi connectivity index (χ0n) is 21.2. The van der Waals surface area contributed by atoms with Crippen LogP contribution in [0.1, 0.15) is 12.0 Å². The Labute approximate surface area is 214 Å². The summed E-state index contributed by atoms with van der Waals surface area (Å²) >= 11 is 0. The van der Waals surface area contributed by atoms with Gasteiger partial charge in [0.25, 0.3) is 0 Å². The summed E-state index contributed by atoms with van der Waals surface area (Å²) in [5.74, 6) is -0.252. The maximum absolute atomic E-state index is 12.1. The van der Waals surface area contributed by atoms with Crippen LogP contribution in [0.4, 0.5) is 5.69 Å². The molecule has 0 saturated heterocycles. The van der Waals surface area contributed by atoms with Crippen molar-refractivity contribution in [1.29, 1.82) is 0 Å². The highest BCUT2D eigenvalue weighted by atomic mass is 16.5. The van der Waals surface area contributed by atoms with Crippen LogP contribution in [0.3, 0.4) is 0 Å². The minimum absolute atomic E-state index is 0.252. The van der Waals surface area contributed by atoms with Gasteiger partial charge in [-0.3, -0.25) is 14.2 Å². The number of nitrogens with zero attached hydrogens (tertiary/aromatic N) is 5. The highest BCUT2D eigenvalue weighted by molar-refractivity contribution is 6.05. The number of pyridine rings is 1. The maximum Gasteiger partial charge on any atom is 0.247 e. The SMILES string of the molecule is C=CC(=O)Nc1cc(-c2c(-c3cnn(C)c3)[nH]c3ncc(-c4cnn(CCCOC)c4)cc23)ccc1C. The van der Waals surface area contributed by atoms with Crippen molar-refractivity contribution >= 4 is 22.6 Å². The minimum atomic E-state index is -0.252. The van der Waals surface area contributed by atoms with Gasteiger partial charge in [-0.05, 0) is 42.7 Å². The average molecular weight is 496 g/mol. The van der Waals surface area contributed by atoms with Crippen molar-refractivity contribution in [1.82, 2.24) is 29.5 Å². The molecule has 9 heteroatoms. The summed E-state index contributed by atoms with van der Waals surface area (Å²) in [6, 6.07) is 8.18. The van der Waals surface area contributed by atoms with Gasteiger partial charge in [0.15, 0.2) is 0 Å². The lowest BCUT2D eigenvalue weighted by Gasteiger charge is -2.11. The van der Waals surface area contributed by atoms with E-state index in [1.165, 1.54) is 6.08 Å². The van der Waals surface area contributed by atoms with Crippen LogP contribution in [-0.2, 0) is 23.1 Å². The van der Waals surface area contributed by atoms with Crippen LogP contribution in [0, 0.1) is 6.92 Å². The monoisotopic (exact) mass is 495 g/mol. The van der Waals surface area contributed by atoms with Crippen LogP contribution in [0.2, 0.25) is 0 Å². The molecule has 0 bridgehead atoms. The predicted molar refractivity (Wildman–Crippen MR) is 145 cm³/mol. The Morgan fingerprint density at radius 2 is 1.95 bits per heavy atom. The topological polar surface area (TPSA) is 103 Å². The van der Waals surface area contributed by atoms with Crippen LogP contribution in [-0.4, -0.2) is 49.2 Å². The number of ether oxygens (including phenoxy) is 1. The van der Waals surface area contributed by atoms with E-state index in [2.05, 4.69) is 39.2 Å². The largest absolute Gasteiger partial charge is 0.385 e. The first kappa shape index (κ1) is 24.2. The Bertz CT molecular complexity index is 1590. The number of H-pyrrole nitrogens is 1. The van der Waals surface area contributed by atoms with E-state index in [9.17, 15) is 4.79 Å². The van der Waals surface area contributed by atoms with Crippen molar-refractivity contribution in [3.63, 3.8) is 0 Å². The molecule has 0 spiro atoms. The molecule has 5 aromatic rings. The van der Waals surface area contributed by atoms with Gasteiger partial charge in [0.1, 0.15) is 5.65 Å². The van der Waals surface area contributed by atoms with Crippen LogP contribution in [0.25, 0.3) is 44.5 Å². The van der Waals surface area contributed by atoms with Crippen LogP contribution in [0.15, 0.2) is 67.9 Å². The van der Waals surface area contributed by atoms with E-state index in [0.717, 1.165) is 68.8 Å². The standard InChI is InChI=1S/C28H29N7O2/c1-5-25(36)32-24-12-19(8-7-18(24)2)26-23-11-20(21-14-31-35(17-21)9-6-10-37-4)13-29-28(23)33-27(26)22-15-30-34(3)16-22/h5,7-8,11-17H,1,6,9-10H2,2-4H3,(H,29,33)(H,32,36). The normalized spacial score (nSPS) is 11.2. The second-order valence-electron chi connectivity index (χ2n) is 8.96. The van der Waals surface area contributed by atoms with Crippen molar-refractivity contribution in [3.05, 3.63) is 73.5 Å². The Balaban J connectivity index is 1.64. The zero-order valence-corrected chi connectivity index (χ0v) is 21.2. The molecule has 2 N–H and O–H groups in total. The smallest absolute Gasteiger partial charge is 0.247 e. The maximum atomic E-state index is 12.1. The molecular formula is C28H29N7O2. The Hall–Kier alpha value is -4.50. The summed E-state index contributed by atoms with van der Waals surface area (Å²) in [5, 5.41) is 12.8. The van der Waals surface area contributed by atoms with Crippen LogP contribution < -0.4 is 5.32 Å². The van der Waals surface area contributed by atoms with Crippen molar-refractivity contribution in [2.75, 3.05) is 19.0 Å². The van der Waals surface area contributed by atoms with Gasteiger partial charge in [0.05, 0.1) is 18.1 Å². The molecule has 37 heavy (non-hydrogen) atoms. The highest BCUT2D eigenvalue weighted by Crippen LogP contribution is 2.40. The number of carbonyl (C=O) groups excluding carboxylic acids is 1. The van der Waals surface area contributed by atoms with Gasteiger partial charge >= 0.3 is 0 Å². The first-order valence-corrected chi connectivity index (χ1v) is 12.0. The average Bonchev–Trinajstić information content (AvgIpc) is 3.63. The summed E-state index contributed by atoms with van der Waals surface area (Å²) in [4.78, 5) is 20.3. The third-order valence-electron chi connectivity index (χ3n) is 6.32. The molecule has 0 unspecified atom stereocenters. The molecule has 0 radical (unpaired) electrons. The van der Waals surface area contributed by atoms with Gasteiger partial charge in [-0.25, -0.2) is 4.98 Å². The first-order chi connectivity index (χ1) is 18.0. The molecular weight excluding hydrogens is 466 g/mol. The Morgan fingerprint density at radius 1 is 1.11 bits per heavy atom. The molecule has 4 aromatic heterocycles. The molecule has 0 saturated carbocycles. The summed E-state index contributed by atoms with van der Waals surface area (Å²) in [7, 11) is 3.59. The molecule has 188 valence electrons. The molecule has 0 atom stereocenters. The second kappa shape index (κ2) is 10.2. The fraction of sp³-hybridized carbons (Fsp3) is 0.214. The number of hydrogen-bond donors (Lipinski definition) is 2. The number of aryl methyl sites for hydroxylation is 3. The third-order valence-corrected chi connectivity index (χ3v) is 6.32. The zero-order chi connectivity index (χ0) is 25.9. The molecule has 9 nitrogen and oxygen atoms in total. The van der Waals surface area contributed by atoms with Gasteiger partial charge in [0, 0.05) is 79.2 Å². The van der Waals surface area contributed by atoms with E-state index in [1.54, 1.807) is 11.8 Å². The molecule has 4 heterocycles. The Kier molecular flexibility index (Phi) is 6.70. The number of nitrogens with one attached hydrogen (secondary N) is 2. The molecule has 0 aliphatic rings. The number of methoxy groups -OCH3 is 1. The molecule has 1 amide bonds. The van der Waals surface area contributed by atoms with Gasteiger partial charge in [-0.2, -0.15) is 10.2 Å². The number of amides is 1. The fourth-order valence-electron chi connectivity index (χ4n) is 4.40. The number of rotatable bonds is 9. The minimum Gasteiger partial charge on any atom is -0.385 e. The third kappa shape index (κ3) is 4.94. The summed E-state index contributed by atoms with van der Waals surface area (Å²) in [5.41, 5.74) is 8.20. The predicted octanol–water partition coefficient (Wildman–Crippen LogP) is 4.96. The second-order valence-corrected chi connectivity index (χ2v) is 8.96. The number of anilines is 1. The number of hydrogen-bond acceptors (Lipinski definition) is 5. The van der Waals surface area contributed by atoms with E-state index < -0.39 is 0 Å². The summed E-state index contributed by atoms with van der Waals surface area (Å²) in [6.45, 7) is 7.01. The van der Waals surface area contributed by atoms with E-state index in [1.807, 2.05) is 61.8 Å². The fourth-order valence-corrected chi connectivity index (χ4v) is 4.40. The van der Waals surface area contributed by atoms with Gasteiger partial charge < -0.3 is 15.0 Å². The van der Waals surface area contributed by atoms with Crippen molar-refractivity contribution in [2.45, 2.75) is 19.9 Å². The van der Waals surface area contributed by atoms with Crippen molar-refractivity contribution in [2.24, 2.45) is 7.05 Å². The van der Waals surface area contributed by atoms with Gasteiger partial charge in [0.2, 0.25) is 5.91 Å². The highest BCUT2D eigenvalue weighted by Gasteiger charge is 2.19. The van der Waals surface area contributed by atoms with Crippen LogP contribution >= 0.6 is 0 Å². The van der Waals surface area contributed by atoms with Gasteiger partial charge in [-0.1, -0.05) is 18.7 Å². The lowest BCUT2D eigenvalue weighted by atomic mass is 9.97. The van der Waals surface area contributed by atoms with E-state index in [0.29, 0.717) is 6.61 Å². The number of carbonyl (C=O) groups is 1. The molecule has 5 rings (SSSR count). The van der Waals surface area contributed by atoms with Crippen LogP contribution in [0.5, 0.6) is 0 Å². The van der Waals surface area contributed by atoms with E-state index >= 15 is 0 Å². The van der Waals surface area contributed by atoms with Crippen molar-refractivity contribution in [3.8, 4) is 33.5 Å². The summed E-state index contributed by atoms with van der Waals surface area (Å²) in [6.07, 6.45) is 11.7. The number of benzene rings is 1. The lowest BCUT2D eigenvalue weighted by molar-refractivity contribution is -0.111. The van der Waals surface area contributed by atoms with E-state index in [-0.39, 0.29) is 5.91 Å². The first-order valence-electron chi connectivity index (χ1n) is 12.0. The molecule has 0 fully saturated rings. The number of aromatic nitrogens is 6. The molecule has 0 aliphatic carbocycles. The molecule has 1 aromatic carbocycles. The number of aromatic amines is 1. The quantitative estimate of drug-likeness (QED) is 0.222. The Morgan fingerprint density at radius 3 is 2.70 bits per heavy atom. The van der Waals surface area contributed by atoms with E-state index in [4.69, 9.17) is 9.72 Å². The lowest BCUT2D eigenvalue weighted by Crippen LogP contribution is -2.08. The summed E-state index contributed by atoms with van der Waals surface area (Å²) < 4.78 is 8.85. The number of fused-ring (bicyclic) bond motifs is 1. The van der Waals surface area contributed by atoms with Gasteiger partial charge in [-0.15, -0.1) is 0 Å². The molecule has 0 aliphatic heterocycles.